The first-order valence-corrected chi connectivity index (χ1v) is 36.1. The maximum absolute atomic E-state index is 16.4. The van der Waals surface area contributed by atoms with Crippen molar-refractivity contribution in [3.8, 4) is 46.0 Å². The van der Waals surface area contributed by atoms with Gasteiger partial charge in [0.2, 0.25) is 0 Å². The Morgan fingerprint density at radius 3 is 0.702 bits per heavy atom. The number of amides is 4. The van der Waals surface area contributed by atoms with Crippen LogP contribution in [-0.4, -0.2) is 94.4 Å². The van der Waals surface area contributed by atoms with Gasteiger partial charge >= 0.3 is 36.6 Å². The third kappa shape index (κ3) is 15.5. The third-order valence-corrected chi connectivity index (χ3v) is 20.1. The van der Waals surface area contributed by atoms with Crippen molar-refractivity contribution in [1.29, 1.82) is 0 Å². The highest BCUT2D eigenvalue weighted by Crippen LogP contribution is 2.59. The van der Waals surface area contributed by atoms with E-state index < -0.39 is 141 Å². The van der Waals surface area contributed by atoms with Gasteiger partial charge < -0.3 is 28.4 Å². The molecular weight excluding hydrogens is 1500 g/mol. The maximum atomic E-state index is 16.4. The van der Waals surface area contributed by atoms with E-state index >= 15 is 19.2 Å². The molecule has 11 aromatic rings. The average Bonchev–Trinajstić information content (AvgIpc) is 0.669. The normalized spacial score (nSPS) is 14.6. The third-order valence-electron chi connectivity index (χ3n) is 20.1. The van der Waals surface area contributed by atoms with Gasteiger partial charge in [-0.15, -0.1) is 0 Å². The largest absolute Gasteiger partial charge is 0.457 e. The smallest absolute Gasteiger partial charge is 0.434 e. The molecule has 2 aliphatic rings. The lowest BCUT2D eigenvalue weighted by Crippen LogP contribution is -2.55. The van der Waals surface area contributed by atoms with E-state index in [4.69, 9.17) is 18.9 Å². The first-order chi connectivity index (χ1) is 53.1. The first kappa shape index (κ1) is 80.4. The molecule has 0 bridgehead atoms. The van der Waals surface area contributed by atoms with Crippen LogP contribution in [-0.2, 0) is 53.6 Å². The Morgan fingerprint density at radius 2 is 0.509 bits per heavy atom. The van der Waals surface area contributed by atoms with Crippen molar-refractivity contribution >= 4 is 78.7 Å². The summed E-state index contributed by atoms with van der Waals surface area (Å²) in [5.74, 6) is -12.1. The summed E-state index contributed by atoms with van der Waals surface area (Å²) in [6, 6.07) is 39.4. The number of halogens is 12. The molecule has 13 rings (SSSR count). The van der Waals surface area contributed by atoms with Gasteiger partial charge in [-0.2, -0.15) is 52.7 Å². The lowest BCUT2D eigenvalue weighted by Gasteiger charge is -2.36. The van der Waals surface area contributed by atoms with Crippen LogP contribution in [0, 0.1) is 0 Å². The molecular formula is C88H74F12N2O12. The summed E-state index contributed by atoms with van der Waals surface area (Å²) in [7, 11) is 0. The van der Waals surface area contributed by atoms with Crippen molar-refractivity contribution in [1.82, 2.24) is 9.80 Å². The number of imide groups is 2. The molecule has 0 fully saturated rings. The number of nitrogens with zero attached hydrogens (tertiary/aromatic N) is 2. The van der Waals surface area contributed by atoms with Crippen LogP contribution in [0.3, 0.4) is 0 Å². The van der Waals surface area contributed by atoms with Gasteiger partial charge in [0.1, 0.15) is 58.1 Å². The van der Waals surface area contributed by atoms with Crippen molar-refractivity contribution < 1.29 is 110 Å². The molecule has 0 saturated carbocycles. The number of esters is 2. The number of alkyl halides is 12. The Morgan fingerprint density at radius 1 is 0.298 bits per heavy atom. The summed E-state index contributed by atoms with van der Waals surface area (Å²) in [5.41, 5.74) is -1.10. The Balaban J connectivity index is 1.21. The fourth-order valence-electron chi connectivity index (χ4n) is 14.3. The summed E-state index contributed by atoms with van der Waals surface area (Å²) < 4.78 is 212. The van der Waals surface area contributed by atoms with Gasteiger partial charge in [-0.05, 0) is 128 Å². The molecule has 11 aromatic carbocycles. The number of fused-ring (bicyclic) bond motifs is 2. The van der Waals surface area contributed by atoms with Crippen molar-refractivity contribution in [2.45, 2.75) is 167 Å². The van der Waals surface area contributed by atoms with Crippen LogP contribution in [0.2, 0.25) is 0 Å². The van der Waals surface area contributed by atoms with E-state index in [9.17, 15) is 62.3 Å². The Hall–Kier alpha value is -11.7. The zero-order chi connectivity index (χ0) is 82.8. The molecule has 592 valence electrons. The van der Waals surface area contributed by atoms with Crippen molar-refractivity contribution in [3.63, 3.8) is 0 Å². The summed E-state index contributed by atoms with van der Waals surface area (Å²) in [5, 5.41) is -1.70. The van der Waals surface area contributed by atoms with E-state index in [0.717, 1.165) is 46.5 Å². The van der Waals surface area contributed by atoms with Crippen LogP contribution in [0.4, 0.5) is 52.7 Å². The molecule has 0 aromatic heterocycles. The fourth-order valence-corrected chi connectivity index (χ4v) is 14.3. The monoisotopic (exact) mass is 1580 g/mol. The molecule has 0 aliphatic carbocycles. The minimum Gasteiger partial charge on any atom is -0.457 e. The highest BCUT2D eigenvalue weighted by molar-refractivity contribution is 6.45. The fraction of sp³-hybridized carbons (Fsp3) is 0.295. The van der Waals surface area contributed by atoms with Gasteiger partial charge in [-0.25, -0.2) is 9.59 Å². The van der Waals surface area contributed by atoms with E-state index in [-0.39, 0.29) is 110 Å². The quantitative estimate of drug-likeness (QED) is 0.0263. The number of carbonyl (C=O) groups excluding carboxylic acids is 6. The summed E-state index contributed by atoms with van der Waals surface area (Å²) in [6.07, 6.45) is -36.5. The number of carbonyl (C=O) groups is 6. The standard InChI is InChI=1S/C88H74F12N2O12/c1-81(2,3)47-23-31-51(32-24-47)109-61-41-55-65-56(74(104)101(73(55)103)59(39-45-19-15-13-16-20-45)77(107)113-79(85(89,90)91)86(92,93)94)43-63(111-53-35-27-49(28-36-53)83(7,8)9)69-70-64(112-54-37-29-50(30-38-54)84(10,11)12)44-58-66-57(42-62(68(72(66)70)67(61)71(65)69)110-52-33-25-48(26-34-52)82(4,5)6)75(105)102(76(58)106)60(40-46-21-17-14-18-22-46)78(108)114-80(87(95,96)97)88(98,99)100/h13-38,41-44,59-60,79-80H,39-40H2,1-12H3. The molecule has 4 amide bonds. The average molecular weight is 1580 g/mol. The van der Waals surface area contributed by atoms with E-state index in [1.54, 1.807) is 97.1 Å². The van der Waals surface area contributed by atoms with Crippen LogP contribution in [0.15, 0.2) is 182 Å². The summed E-state index contributed by atoms with van der Waals surface area (Å²) in [4.78, 5) is 95.3. The van der Waals surface area contributed by atoms with Gasteiger partial charge in [-0.1, -0.05) is 192 Å². The van der Waals surface area contributed by atoms with Gasteiger partial charge in [0.25, 0.3) is 35.8 Å². The van der Waals surface area contributed by atoms with Gasteiger partial charge in [-0.3, -0.25) is 29.0 Å². The molecule has 0 spiro atoms. The highest BCUT2D eigenvalue weighted by Gasteiger charge is 2.62. The second kappa shape index (κ2) is 28.7. The lowest BCUT2D eigenvalue weighted by atomic mass is 9.80. The number of ether oxygens (including phenoxy) is 6. The number of hydrogen-bond acceptors (Lipinski definition) is 12. The molecule has 2 unspecified atom stereocenters. The number of benzene rings is 11. The predicted molar refractivity (Wildman–Crippen MR) is 401 cm³/mol. The SMILES string of the molecule is CC(C)(C)c1ccc(Oc2cc3c4c(cc(Oc5ccc(C(C)(C)C)cc5)c5c6c(Oc7ccc(C(C)(C)C)cc7)cc7c8c(cc(Oc9ccc(C(C)(C)C)cc9)c(c2c45)c86)C(=O)N(C(Cc2ccccc2)C(=O)OC(C(F)(F)F)C(F)(F)F)C7=O)C(=O)N(C(Cc2ccccc2)C(=O)OC(C(F)(F)F)C(F)(F)F)C3=O)cc1. The van der Waals surface area contributed by atoms with Crippen molar-refractivity contribution in [2.75, 3.05) is 0 Å². The van der Waals surface area contributed by atoms with Gasteiger partial charge in [0.15, 0.2) is 0 Å². The van der Waals surface area contributed by atoms with Crippen LogP contribution >= 0.6 is 0 Å². The number of rotatable bonds is 18. The van der Waals surface area contributed by atoms with Crippen molar-refractivity contribution in [2.24, 2.45) is 0 Å². The Kier molecular flexibility index (Phi) is 20.3. The maximum Gasteiger partial charge on any atom is 0.434 e. The molecule has 114 heavy (non-hydrogen) atoms. The Bertz CT molecular complexity index is 5000. The van der Waals surface area contributed by atoms with Crippen LogP contribution in [0.1, 0.15) is 158 Å². The zero-order valence-corrected chi connectivity index (χ0v) is 63.4. The van der Waals surface area contributed by atoms with E-state index in [1.165, 1.54) is 60.7 Å². The van der Waals surface area contributed by atoms with E-state index in [1.807, 2.05) is 83.1 Å². The molecule has 0 radical (unpaired) electrons. The second-order valence-corrected chi connectivity index (χ2v) is 32.4. The van der Waals surface area contributed by atoms with Crippen LogP contribution < -0.4 is 18.9 Å². The highest BCUT2D eigenvalue weighted by atomic mass is 19.4. The van der Waals surface area contributed by atoms with Crippen LogP contribution in [0.25, 0.3) is 43.1 Å². The second-order valence-electron chi connectivity index (χ2n) is 32.4. The lowest BCUT2D eigenvalue weighted by molar-refractivity contribution is -0.314. The zero-order valence-electron chi connectivity index (χ0n) is 63.4. The van der Waals surface area contributed by atoms with E-state index in [2.05, 4.69) is 9.47 Å². The molecule has 2 atom stereocenters. The molecule has 2 aliphatic heterocycles. The topological polar surface area (TPSA) is 164 Å². The molecule has 2 heterocycles. The molecule has 0 saturated heterocycles. The first-order valence-electron chi connectivity index (χ1n) is 36.1. The predicted octanol–water partition coefficient (Wildman–Crippen LogP) is 22.6. The minimum atomic E-state index is -6.28. The van der Waals surface area contributed by atoms with Gasteiger partial charge in [0, 0.05) is 55.9 Å². The minimum absolute atomic E-state index is 0.0121. The summed E-state index contributed by atoms with van der Waals surface area (Å²) in [6.45, 7) is 23.1. The molecule has 14 nitrogen and oxygen atoms in total. The van der Waals surface area contributed by atoms with Crippen LogP contribution in [0.5, 0.6) is 46.0 Å². The Labute approximate surface area is 645 Å². The molecule has 26 heteroatoms. The molecule has 0 N–H and O–H groups in total. The van der Waals surface area contributed by atoms with Gasteiger partial charge in [0.05, 0.1) is 22.3 Å². The number of hydrogen-bond donors (Lipinski definition) is 0. The van der Waals surface area contributed by atoms with E-state index in [0.29, 0.717) is 0 Å². The summed E-state index contributed by atoms with van der Waals surface area (Å²) >= 11 is 0. The van der Waals surface area contributed by atoms with Crippen molar-refractivity contribution in [3.05, 3.63) is 238 Å².